The molecule has 0 amide bonds. The zero-order chi connectivity index (χ0) is 16.2. The lowest BCUT2D eigenvalue weighted by Crippen LogP contribution is -2.18. The normalized spacial score (nSPS) is 12.2. The molecule has 0 aliphatic carbocycles. The van der Waals surface area contributed by atoms with Crippen molar-refractivity contribution in [2.75, 3.05) is 0 Å². The zero-order valence-electron chi connectivity index (χ0n) is 11.5. The fourth-order valence-electron chi connectivity index (χ4n) is 2.55. The van der Waals surface area contributed by atoms with E-state index in [1.807, 2.05) is 12.1 Å². The topological polar surface area (TPSA) is 99.6 Å². The van der Waals surface area contributed by atoms with E-state index in [9.17, 15) is 13.2 Å². The summed E-state index contributed by atoms with van der Waals surface area (Å²) in [7, 11) is -4.09. The summed E-state index contributed by atoms with van der Waals surface area (Å²) in [5, 5.41) is 6.87. The Hall–Kier alpha value is -2.42. The average Bonchev–Trinajstić information content (AvgIpc) is 2.85. The van der Waals surface area contributed by atoms with Gasteiger partial charge >= 0.3 is 15.9 Å². The molecule has 2 aromatic carbocycles. The molecular formula is C15H9NO5S2. The summed E-state index contributed by atoms with van der Waals surface area (Å²) in [5.74, 6) is 0.0975. The van der Waals surface area contributed by atoms with Gasteiger partial charge in [0.2, 0.25) is 0 Å². The number of thiophene rings is 1. The summed E-state index contributed by atoms with van der Waals surface area (Å²) >= 11 is 1.37. The highest BCUT2D eigenvalue weighted by Gasteiger charge is 2.15. The Morgan fingerprint density at radius 1 is 1.09 bits per heavy atom. The lowest BCUT2D eigenvalue weighted by Gasteiger charge is -2.01. The number of para-hydroxylation sites is 1. The second-order valence-corrected chi connectivity index (χ2v) is 7.13. The van der Waals surface area contributed by atoms with Crippen LogP contribution in [0.3, 0.4) is 0 Å². The standard InChI is InChI=1S/C15H9NO5S2/c16-23(18,19)21-8-5-6-10-12(7-8)22-14-9-3-1-2-4-11(9)20-15(17)13(10)14/h1-7H,(H2,16,18,19). The van der Waals surface area contributed by atoms with Gasteiger partial charge in [0.15, 0.2) is 0 Å². The first-order valence-electron chi connectivity index (χ1n) is 6.53. The fraction of sp³-hybridized carbons (Fsp3) is 0. The molecule has 8 heteroatoms. The predicted molar refractivity (Wildman–Crippen MR) is 89.1 cm³/mol. The first kappa shape index (κ1) is 14.2. The third kappa shape index (κ3) is 2.37. The van der Waals surface area contributed by atoms with Crippen LogP contribution in [0, 0.1) is 0 Å². The number of nitrogens with two attached hydrogens (primary N) is 1. The minimum Gasteiger partial charge on any atom is -0.422 e. The molecule has 6 nitrogen and oxygen atoms in total. The van der Waals surface area contributed by atoms with Gasteiger partial charge in [0.25, 0.3) is 0 Å². The molecule has 0 fully saturated rings. The van der Waals surface area contributed by atoms with Gasteiger partial charge in [0.05, 0.1) is 10.1 Å². The largest absolute Gasteiger partial charge is 0.422 e. The van der Waals surface area contributed by atoms with Gasteiger partial charge in [-0.2, -0.15) is 13.6 Å². The molecular weight excluding hydrogens is 338 g/mol. The maximum Gasteiger partial charge on any atom is 0.380 e. The molecule has 0 unspecified atom stereocenters. The first-order valence-corrected chi connectivity index (χ1v) is 8.81. The SMILES string of the molecule is NS(=O)(=O)Oc1ccc2c(c1)sc1c3ccccc3oc(=O)c21. The molecule has 4 rings (SSSR count). The van der Waals surface area contributed by atoms with Crippen LogP contribution in [-0.4, -0.2) is 8.42 Å². The van der Waals surface area contributed by atoms with Crippen LogP contribution in [0.15, 0.2) is 51.7 Å². The number of hydrogen-bond acceptors (Lipinski definition) is 6. The third-order valence-electron chi connectivity index (χ3n) is 3.41. The number of hydrogen-bond donors (Lipinski definition) is 1. The second-order valence-electron chi connectivity index (χ2n) is 4.93. The van der Waals surface area contributed by atoms with E-state index in [2.05, 4.69) is 4.18 Å². The average molecular weight is 347 g/mol. The lowest BCUT2D eigenvalue weighted by molar-refractivity contribution is 0.488. The first-order chi connectivity index (χ1) is 10.9. The summed E-state index contributed by atoms with van der Waals surface area (Å²) in [5.41, 5.74) is 0.0858. The highest BCUT2D eigenvalue weighted by atomic mass is 32.2. The van der Waals surface area contributed by atoms with Crippen molar-refractivity contribution in [1.82, 2.24) is 0 Å². The van der Waals surface area contributed by atoms with Gasteiger partial charge in [-0.15, -0.1) is 11.3 Å². The Labute approximate surface area is 134 Å². The minimum absolute atomic E-state index is 0.0975. The van der Waals surface area contributed by atoms with Gasteiger partial charge in [0.1, 0.15) is 11.3 Å². The van der Waals surface area contributed by atoms with Gasteiger partial charge < -0.3 is 8.60 Å². The maximum absolute atomic E-state index is 12.3. The van der Waals surface area contributed by atoms with E-state index in [4.69, 9.17) is 9.56 Å². The monoisotopic (exact) mass is 347 g/mol. The van der Waals surface area contributed by atoms with Gasteiger partial charge in [-0.05, 0) is 30.3 Å². The summed E-state index contributed by atoms with van der Waals surface area (Å²) in [4.78, 5) is 12.3. The van der Waals surface area contributed by atoms with E-state index in [1.54, 1.807) is 24.3 Å². The quantitative estimate of drug-likeness (QED) is 0.562. The van der Waals surface area contributed by atoms with Crippen molar-refractivity contribution >= 4 is 52.8 Å². The number of benzene rings is 2. The molecule has 2 N–H and O–H groups in total. The van der Waals surface area contributed by atoms with Crippen LogP contribution in [0.5, 0.6) is 5.75 Å². The molecule has 0 atom stereocenters. The molecule has 116 valence electrons. The van der Waals surface area contributed by atoms with Gasteiger partial charge in [-0.1, -0.05) is 12.1 Å². The molecule has 2 heterocycles. The van der Waals surface area contributed by atoms with Crippen LogP contribution in [-0.2, 0) is 10.3 Å². The highest BCUT2D eigenvalue weighted by molar-refractivity contribution is 7.84. The molecule has 2 aromatic heterocycles. The van der Waals surface area contributed by atoms with Crippen LogP contribution in [0.1, 0.15) is 0 Å². The van der Waals surface area contributed by atoms with Crippen LogP contribution in [0.2, 0.25) is 0 Å². The fourth-order valence-corrected chi connectivity index (χ4v) is 4.17. The molecule has 0 radical (unpaired) electrons. The summed E-state index contributed by atoms with van der Waals surface area (Å²) in [6, 6.07) is 11.9. The van der Waals surface area contributed by atoms with Gasteiger partial charge in [0, 0.05) is 15.5 Å². The van der Waals surface area contributed by atoms with Crippen LogP contribution >= 0.6 is 11.3 Å². The van der Waals surface area contributed by atoms with Crippen LogP contribution in [0.4, 0.5) is 0 Å². The smallest absolute Gasteiger partial charge is 0.380 e. The van der Waals surface area contributed by atoms with Crippen LogP contribution < -0.4 is 14.9 Å². The van der Waals surface area contributed by atoms with E-state index in [1.165, 1.54) is 17.4 Å². The van der Waals surface area contributed by atoms with Crippen molar-refractivity contribution in [3.05, 3.63) is 52.9 Å². The van der Waals surface area contributed by atoms with Crippen molar-refractivity contribution in [2.24, 2.45) is 5.14 Å². The summed E-state index contributed by atoms with van der Waals surface area (Å²) in [6.07, 6.45) is 0. The Morgan fingerprint density at radius 2 is 1.87 bits per heavy atom. The second kappa shape index (κ2) is 4.79. The van der Waals surface area contributed by atoms with Crippen molar-refractivity contribution in [1.29, 1.82) is 0 Å². The minimum atomic E-state index is -4.09. The van der Waals surface area contributed by atoms with E-state index in [-0.39, 0.29) is 5.75 Å². The van der Waals surface area contributed by atoms with E-state index < -0.39 is 15.9 Å². The zero-order valence-corrected chi connectivity index (χ0v) is 13.1. The Kier molecular flexibility index (Phi) is 2.95. The molecule has 0 saturated carbocycles. The molecule has 0 aliphatic heterocycles. The van der Waals surface area contributed by atoms with Gasteiger partial charge in [-0.25, -0.2) is 4.79 Å². The van der Waals surface area contributed by atoms with E-state index in [0.717, 1.165) is 10.1 Å². The molecule has 4 aromatic rings. The molecule has 0 saturated heterocycles. The summed E-state index contributed by atoms with van der Waals surface area (Å²) in [6.45, 7) is 0. The molecule has 0 aliphatic rings. The Morgan fingerprint density at radius 3 is 2.65 bits per heavy atom. The van der Waals surface area contributed by atoms with Crippen LogP contribution in [0.25, 0.3) is 31.1 Å². The number of fused-ring (bicyclic) bond motifs is 5. The lowest BCUT2D eigenvalue weighted by atomic mass is 10.1. The maximum atomic E-state index is 12.3. The van der Waals surface area contributed by atoms with Crippen molar-refractivity contribution in [3.63, 3.8) is 0 Å². The number of rotatable bonds is 2. The Balaban J connectivity index is 2.09. The highest BCUT2D eigenvalue weighted by Crippen LogP contribution is 2.37. The van der Waals surface area contributed by atoms with Crippen molar-refractivity contribution in [3.8, 4) is 5.75 Å². The Bertz CT molecular complexity index is 1240. The molecule has 0 spiro atoms. The van der Waals surface area contributed by atoms with Crippen molar-refractivity contribution < 1.29 is 17.0 Å². The van der Waals surface area contributed by atoms with E-state index in [0.29, 0.717) is 21.1 Å². The third-order valence-corrected chi connectivity index (χ3v) is 5.02. The molecule has 0 bridgehead atoms. The molecule has 23 heavy (non-hydrogen) atoms. The van der Waals surface area contributed by atoms with Gasteiger partial charge in [-0.3, -0.25) is 0 Å². The van der Waals surface area contributed by atoms with Crippen molar-refractivity contribution in [2.45, 2.75) is 0 Å². The van der Waals surface area contributed by atoms with E-state index >= 15 is 0 Å². The predicted octanol–water partition coefficient (Wildman–Crippen LogP) is 2.74. The summed E-state index contributed by atoms with van der Waals surface area (Å²) < 4.78 is 33.6.